The standard InChI is InChI=1S/C26H38O3/c1-17(2)11-9-12-18(3)13-10-14-19(4)15-16-24-22(7)26(29-23(8)27)21(6)20(5)25(24)28/h11,13,15,28H,9-10,12,14,16H2,1-8H3/b18-13+,19-15?. The fraction of sp³-hybridized carbons (Fsp3) is 0.500. The number of phenolic OH excluding ortho intramolecular Hbond substituents is 1. The van der Waals surface area contributed by atoms with Crippen LogP contribution in [0.1, 0.15) is 82.6 Å². The lowest BCUT2D eigenvalue weighted by atomic mass is 9.94. The van der Waals surface area contributed by atoms with E-state index >= 15 is 0 Å². The van der Waals surface area contributed by atoms with Gasteiger partial charge < -0.3 is 9.84 Å². The Morgan fingerprint density at radius 1 is 0.828 bits per heavy atom. The number of aromatic hydroxyl groups is 1. The van der Waals surface area contributed by atoms with Gasteiger partial charge in [0.1, 0.15) is 11.5 Å². The number of rotatable bonds is 9. The maximum Gasteiger partial charge on any atom is 0.308 e. The number of carbonyl (C=O) groups excluding carboxylic acids is 1. The van der Waals surface area contributed by atoms with E-state index in [0.29, 0.717) is 17.9 Å². The van der Waals surface area contributed by atoms with Crippen LogP contribution in [0.5, 0.6) is 11.5 Å². The molecule has 0 fully saturated rings. The molecule has 1 rings (SSSR count). The lowest BCUT2D eigenvalue weighted by Crippen LogP contribution is -2.07. The van der Waals surface area contributed by atoms with E-state index in [-0.39, 0.29) is 5.97 Å². The molecule has 1 aromatic carbocycles. The van der Waals surface area contributed by atoms with Gasteiger partial charge in [-0.2, -0.15) is 0 Å². The first-order chi connectivity index (χ1) is 13.5. The Hall–Kier alpha value is -2.29. The molecule has 3 nitrogen and oxygen atoms in total. The Kier molecular flexibility index (Phi) is 9.94. The maximum absolute atomic E-state index is 11.5. The molecule has 3 heteroatoms. The minimum absolute atomic E-state index is 0.301. The quantitative estimate of drug-likeness (QED) is 0.272. The zero-order chi connectivity index (χ0) is 22.1. The van der Waals surface area contributed by atoms with Crippen LogP contribution in [0.4, 0.5) is 0 Å². The Labute approximate surface area is 177 Å². The van der Waals surface area contributed by atoms with Gasteiger partial charge >= 0.3 is 5.97 Å². The van der Waals surface area contributed by atoms with Gasteiger partial charge in [0, 0.05) is 12.5 Å². The predicted octanol–water partition coefficient (Wildman–Crippen LogP) is 7.20. The van der Waals surface area contributed by atoms with Crippen LogP contribution >= 0.6 is 0 Å². The van der Waals surface area contributed by atoms with Crippen LogP contribution in [-0.4, -0.2) is 11.1 Å². The van der Waals surface area contributed by atoms with Crippen molar-refractivity contribution >= 4 is 5.97 Å². The highest BCUT2D eigenvalue weighted by molar-refractivity contribution is 5.72. The Balaban J connectivity index is 2.83. The number of phenols is 1. The number of hydrogen-bond donors (Lipinski definition) is 1. The number of hydrogen-bond acceptors (Lipinski definition) is 3. The molecule has 0 aliphatic carbocycles. The van der Waals surface area contributed by atoms with E-state index < -0.39 is 0 Å². The number of allylic oxidation sites excluding steroid dienone is 6. The fourth-order valence-corrected chi connectivity index (χ4v) is 3.33. The molecule has 0 aliphatic heterocycles. The van der Waals surface area contributed by atoms with E-state index in [0.717, 1.165) is 47.9 Å². The van der Waals surface area contributed by atoms with Crippen LogP contribution in [-0.2, 0) is 11.2 Å². The summed E-state index contributed by atoms with van der Waals surface area (Å²) in [6.45, 7) is 15.6. The molecule has 0 radical (unpaired) electrons. The Bertz CT molecular complexity index is 819. The highest BCUT2D eigenvalue weighted by atomic mass is 16.5. The molecule has 0 unspecified atom stereocenters. The third kappa shape index (κ3) is 7.92. The lowest BCUT2D eigenvalue weighted by Gasteiger charge is -2.18. The van der Waals surface area contributed by atoms with Crippen molar-refractivity contribution < 1.29 is 14.6 Å². The van der Waals surface area contributed by atoms with Gasteiger partial charge in [-0.3, -0.25) is 4.79 Å². The zero-order valence-electron chi connectivity index (χ0n) is 19.5. The first kappa shape index (κ1) is 24.7. The van der Waals surface area contributed by atoms with Crippen LogP contribution in [0.3, 0.4) is 0 Å². The lowest BCUT2D eigenvalue weighted by molar-refractivity contribution is -0.131. The smallest absolute Gasteiger partial charge is 0.308 e. The van der Waals surface area contributed by atoms with Crippen molar-refractivity contribution in [2.75, 3.05) is 0 Å². The van der Waals surface area contributed by atoms with Gasteiger partial charge in [0.15, 0.2) is 0 Å². The summed E-state index contributed by atoms with van der Waals surface area (Å²) >= 11 is 0. The Morgan fingerprint density at radius 2 is 1.38 bits per heavy atom. The van der Waals surface area contributed by atoms with Gasteiger partial charge in [0.05, 0.1) is 0 Å². The van der Waals surface area contributed by atoms with Crippen LogP contribution in [0, 0.1) is 20.8 Å². The summed E-state index contributed by atoms with van der Waals surface area (Å²) in [5, 5.41) is 10.6. The van der Waals surface area contributed by atoms with Gasteiger partial charge in [0.2, 0.25) is 0 Å². The van der Waals surface area contributed by atoms with Crippen LogP contribution < -0.4 is 4.74 Å². The third-order valence-electron chi connectivity index (χ3n) is 5.36. The van der Waals surface area contributed by atoms with Crippen molar-refractivity contribution in [3.05, 3.63) is 57.2 Å². The molecule has 0 spiro atoms. The number of ether oxygens (including phenoxy) is 1. The topological polar surface area (TPSA) is 46.5 Å². The highest BCUT2D eigenvalue weighted by Gasteiger charge is 2.18. The monoisotopic (exact) mass is 398 g/mol. The fourth-order valence-electron chi connectivity index (χ4n) is 3.33. The summed E-state index contributed by atoms with van der Waals surface area (Å²) in [5.41, 5.74) is 7.35. The van der Waals surface area contributed by atoms with Crippen LogP contribution in [0.2, 0.25) is 0 Å². The number of benzene rings is 1. The molecule has 1 aromatic rings. The average molecular weight is 399 g/mol. The van der Waals surface area contributed by atoms with Crippen molar-refractivity contribution in [2.45, 2.75) is 87.5 Å². The summed E-state index contributed by atoms with van der Waals surface area (Å²) in [6, 6.07) is 0. The molecule has 0 amide bonds. The molecule has 0 saturated heterocycles. The average Bonchev–Trinajstić information content (AvgIpc) is 2.63. The van der Waals surface area contributed by atoms with E-state index in [9.17, 15) is 9.90 Å². The van der Waals surface area contributed by atoms with Crippen molar-refractivity contribution in [1.29, 1.82) is 0 Å². The van der Waals surface area contributed by atoms with Crippen molar-refractivity contribution in [2.24, 2.45) is 0 Å². The normalized spacial score (nSPS) is 12.1. The van der Waals surface area contributed by atoms with Crippen LogP contribution in [0.25, 0.3) is 0 Å². The van der Waals surface area contributed by atoms with E-state index in [1.165, 1.54) is 23.6 Å². The van der Waals surface area contributed by atoms with Crippen LogP contribution in [0.15, 0.2) is 34.9 Å². The first-order valence-corrected chi connectivity index (χ1v) is 10.5. The minimum Gasteiger partial charge on any atom is -0.507 e. The molecule has 0 bridgehead atoms. The number of carbonyl (C=O) groups is 1. The van der Waals surface area contributed by atoms with Gasteiger partial charge in [0.25, 0.3) is 0 Å². The molecular weight excluding hydrogens is 360 g/mol. The molecule has 160 valence electrons. The second-order valence-corrected chi connectivity index (χ2v) is 8.29. The van der Waals surface area contributed by atoms with E-state index in [2.05, 4.69) is 45.9 Å². The second-order valence-electron chi connectivity index (χ2n) is 8.29. The summed E-state index contributed by atoms with van der Waals surface area (Å²) in [4.78, 5) is 11.5. The largest absolute Gasteiger partial charge is 0.507 e. The molecule has 0 saturated carbocycles. The summed E-state index contributed by atoms with van der Waals surface area (Å²) in [5.74, 6) is 0.532. The summed E-state index contributed by atoms with van der Waals surface area (Å²) in [7, 11) is 0. The molecule has 0 aliphatic rings. The van der Waals surface area contributed by atoms with Crippen molar-refractivity contribution in [3.8, 4) is 11.5 Å². The SMILES string of the molecule is CC(=O)Oc1c(C)c(C)c(O)c(CC=C(C)CC/C=C(\C)CCC=C(C)C)c1C. The molecule has 0 aromatic heterocycles. The second kappa shape index (κ2) is 11.6. The third-order valence-corrected chi connectivity index (χ3v) is 5.36. The molecular formula is C26H38O3. The zero-order valence-corrected chi connectivity index (χ0v) is 19.5. The van der Waals surface area contributed by atoms with E-state index in [1.54, 1.807) is 0 Å². The number of esters is 1. The van der Waals surface area contributed by atoms with Gasteiger partial charge in [-0.15, -0.1) is 0 Å². The summed E-state index contributed by atoms with van der Waals surface area (Å²) in [6.07, 6.45) is 11.7. The van der Waals surface area contributed by atoms with E-state index in [4.69, 9.17) is 4.74 Å². The van der Waals surface area contributed by atoms with Gasteiger partial charge in [-0.1, -0.05) is 34.9 Å². The van der Waals surface area contributed by atoms with Crippen molar-refractivity contribution in [1.82, 2.24) is 0 Å². The van der Waals surface area contributed by atoms with E-state index in [1.807, 2.05) is 20.8 Å². The first-order valence-electron chi connectivity index (χ1n) is 10.5. The summed E-state index contributed by atoms with van der Waals surface area (Å²) < 4.78 is 5.41. The molecule has 0 atom stereocenters. The van der Waals surface area contributed by atoms with Gasteiger partial charge in [-0.05, 0) is 97.3 Å². The molecule has 0 heterocycles. The maximum atomic E-state index is 11.5. The Morgan fingerprint density at radius 3 is 1.93 bits per heavy atom. The highest BCUT2D eigenvalue weighted by Crippen LogP contribution is 2.37. The predicted molar refractivity (Wildman–Crippen MR) is 123 cm³/mol. The minimum atomic E-state index is -0.342. The van der Waals surface area contributed by atoms with Gasteiger partial charge in [-0.25, -0.2) is 0 Å². The molecule has 29 heavy (non-hydrogen) atoms. The van der Waals surface area contributed by atoms with Crippen molar-refractivity contribution in [3.63, 3.8) is 0 Å². The molecule has 1 N–H and O–H groups in total.